The van der Waals surface area contributed by atoms with Gasteiger partial charge in [0.05, 0.1) is 32.3 Å². The molecule has 0 aliphatic heterocycles. The van der Waals surface area contributed by atoms with Crippen LogP contribution in [0.4, 0.5) is 0 Å². The monoisotopic (exact) mass is 771 g/mol. The lowest BCUT2D eigenvalue weighted by atomic mass is 9.94. The molecule has 1 atom stereocenters. The SMILES string of the molecule is CC(=O)CC[C@H](CC(=O)CCC(=O)NCCCOCCOCCOCCCNC(=O)CCCCCCCCCCCCCCCCCCC(=O)O)C(=O)O. The van der Waals surface area contributed by atoms with Crippen LogP contribution in [0.3, 0.4) is 0 Å². The second-order valence-corrected chi connectivity index (χ2v) is 14.3. The number of carbonyl (C=O) groups excluding carboxylic acids is 4. The number of Topliss-reactive ketones (excluding diaryl/α,β-unsaturated/α-hetero) is 2. The lowest BCUT2D eigenvalue weighted by molar-refractivity contribution is -0.144. The topological polar surface area (TPSA) is 195 Å². The van der Waals surface area contributed by atoms with E-state index in [1.165, 1.54) is 77.6 Å². The smallest absolute Gasteiger partial charge is 0.306 e. The van der Waals surface area contributed by atoms with Crippen molar-refractivity contribution in [3.05, 3.63) is 0 Å². The summed E-state index contributed by atoms with van der Waals surface area (Å²) in [5.41, 5.74) is 0. The maximum absolute atomic E-state index is 12.1. The summed E-state index contributed by atoms with van der Waals surface area (Å²) in [6, 6.07) is 0. The highest BCUT2D eigenvalue weighted by molar-refractivity contribution is 5.87. The van der Waals surface area contributed by atoms with E-state index in [9.17, 15) is 33.9 Å². The van der Waals surface area contributed by atoms with Crippen LogP contribution in [0.2, 0.25) is 0 Å². The third kappa shape index (κ3) is 38.8. The number of amides is 2. The minimum absolute atomic E-state index is 0.00379. The van der Waals surface area contributed by atoms with E-state index in [0.29, 0.717) is 72.0 Å². The second-order valence-electron chi connectivity index (χ2n) is 14.3. The van der Waals surface area contributed by atoms with Gasteiger partial charge >= 0.3 is 11.9 Å². The molecule has 0 fully saturated rings. The van der Waals surface area contributed by atoms with Crippen molar-refractivity contribution in [2.75, 3.05) is 52.7 Å². The number of hydrogen-bond acceptors (Lipinski definition) is 9. The number of carboxylic acid groups (broad SMARTS) is 2. The van der Waals surface area contributed by atoms with Crippen LogP contribution in [0.15, 0.2) is 0 Å². The van der Waals surface area contributed by atoms with Gasteiger partial charge in [0, 0.05) is 64.8 Å². The van der Waals surface area contributed by atoms with Crippen LogP contribution < -0.4 is 10.6 Å². The predicted octanol–water partition coefficient (Wildman–Crippen LogP) is 6.96. The summed E-state index contributed by atoms with van der Waals surface area (Å²) in [6.45, 7) is 5.18. The van der Waals surface area contributed by atoms with Gasteiger partial charge in [-0.2, -0.15) is 0 Å². The van der Waals surface area contributed by atoms with Gasteiger partial charge in [-0.05, 0) is 39.0 Å². The molecule has 0 spiro atoms. The van der Waals surface area contributed by atoms with Crippen molar-refractivity contribution in [2.24, 2.45) is 5.92 Å². The maximum atomic E-state index is 12.1. The van der Waals surface area contributed by atoms with E-state index >= 15 is 0 Å². The first-order valence-electron chi connectivity index (χ1n) is 20.8. The molecule has 0 aliphatic rings. The Balaban J connectivity index is 3.37. The molecule has 0 rings (SSSR count). The Morgan fingerprint density at radius 2 is 0.852 bits per heavy atom. The van der Waals surface area contributed by atoms with Gasteiger partial charge in [0.2, 0.25) is 11.8 Å². The molecule has 13 heteroatoms. The molecule has 0 saturated carbocycles. The summed E-state index contributed by atoms with van der Waals surface area (Å²) in [6.07, 6.45) is 21.5. The molecule has 0 bridgehead atoms. The zero-order valence-corrected chi connectivity index (χ0v) is 33.5. The first-order valence-corrected chi connectivity index (χ1v) is 20.8. The number of hydrogen-bond donors (Lipinski definition) is 4. The Kier molecular flexibility index (Phi) is 36.3. The molecule has 314 valence electrons. The summed E-state index contributed by atoms with van der Waals surface area (Å²) >= 11 is 0. The lowest BCUT2D eigenvalue weighted by Crippen LogP contribution is -2.26. The van der Waals surface area contributed by atoms with E-state index in [0.717, 1.165) is 38.5 Å². The number of unbranched alkanes of at least 4 members (excludes halogenated alkanes) is 15. The largest absolute Gasteiger partial charge is 0.481 e. The van der Waals surface area contributed by atoms with Crippen molar-refractivity contribution < 1.29 is 53.2 Å². The van der Waals surface area contributed by atoms with Crippen molar-refractivity contribution in [3.63, 3.8) is 0 Å². The molecule has 54 heavy (non-hydrogen) atoms. The molecule has 0 unspecified atom stereocenters. The van der Waals surface area contributed by atoms with Crippen LogP contribution in [0.25, 0.3) is 0 Å². The van der Waals surface area contributed by atoms with Gasteiger partial charge in [0.1, 0.15) is 11.6 Å². The average Bonchev–Trinajstić information content (AvgIpc) is 3.13. The van der Waals surface area contributed by atoms with Crippen molar-refractivity contribution >= 4 is 35.3 Å². The van der Waals surface area contributed by atoms with Gasteiger partial charge < -0.3 is 39.9 Å². The van der Waals surface area contributed by atoms with E-state index in [4.69, 9.17) is 19.3 Å². The van der Waals surface area contributed by atoms with Crippen LogP contribution in [0.1, 0.15) is 167 Å². The average molecular weight is 771 g/mol. The zero-order valence-electron chi connectivity index (χ0n) is 33.5. The Bertz CT molecular complexity index is 992. The summed E-state index contributed by atoms with van der Waals surface area (Å²) in [7, 11) is 0. The maximum Gasteiger partial charge on any atom is 0.306 e. The Morgan fingerprint density at radius 3 is 1.26 bits per heavy atom. The third-order valence-electron chi connectivity index (χ3n) is 9.16. The molecular formula is C41H74N2O11. The van der Waals surface area contributed by atoms with Crippen molar-refractivity contribution in [1.29, 1.82) is 0 Å². The molecule has 13 nitrogen and oxygen atoms in total. The van der Waals surface area contributed by atoms with Crippen LogP contribution in [-0.2, 0) is 43.0 Å². The number of ketones is 2. The van der Waals surface area contributed by atoms with E-state index in [1.54, 1.807) is 0 Å². The molecule has 2 amide bonds. The standard InChI is InChI=1S/C41H74N2O11/c1-35(44)22-23-36(41(50)51)34-37(45)24-25-39(47)43-27-19-29-53-31-33-54-32-30-52-28-18-26-42-38(46)20-16-14-12-10-8-6-4-2-3-5-7-9-11-13-15-17-21-40(48)49/h36H,2-34H2,1H3,(H,42,46)(H,43,47)(H,48,49)(H,50,51)/t36-/m1/s1. The summed E-state index contributed by atoms with van der Waals surface area (Å²) in [5, 5.41) is 23.5. The predicted molar refractivity (Wildman–Crippen MR) is 208 cm³/mol. The Labute approximate surface area is 324 Å². The fourth-order valence-corrected chi connectivity index (χ4v) is 5.88. The fourth-order valence-electron chi connectivity index (χ4n) is 5.88. The van der Waals surface area contributed by atoms with Crippen molar-refractivity contribution in [1.82, 2.24) is 10.6 Å². The number of carbonyl (C=O) groups is 6. The van der Waals surface area contributed by atoms with E-state index in [1.807, 2.05) is 0 Å². The van der Waals surface area contributed by atoms with Gasteiger partial charge in [-0.15, -0.1) is 0 Å². The van der Waals surface area contributed by atoms with Crippen molar-refractivity contribution in [2.45, 2.75) is 167 Å². The van der Waals surface area contributed by atoms with Gasteiger partial charge in [0.15, 0.2) is 0 Å². The summed E-state index contributed by atoms with van der Waals surface area (Å²) in [5.74, 6) is -3.28. The Hall–Kier alpha value is -2.90. The molecule has 0 aromatic rings. The van der Waals surface area contributed by atoms with E-state index in [2.05, 4.69) is 10.6 Å². The molecule has 4 N–H and O–H groups in total. The highest BCUT2D eigenvalue weighted by Gasteiger charge is 2.22. The van der Waals surface area contributed by atoms with Gasteiger partial charge in [-0.3, -0.25) is 24.0 Å². The minimum Gasteiger partial charge on any atom is -0.481 e. The van der Waals surface area contributed by atoms with E-state index < -0.39 is 17.9 Å². The highest BCUT2D eigenvalue weighted by atomic mass is 16.5. The highest BCUT2D eigenvalue weighted by Crippen LogP contribution is 2.16. The van der Waals surface area contributed by atoms with Gasteiger partial charge in [-0.25, -0.2) is 0 Å². The molecule has 0 saturated heterocycles. The van der Waals surface area contributed by atoms with Crippen LogP contribution in [0.5, 0.6) is 0 Å². The summed E-state index contributed by atoms with van der Waals surface area (Å²) < 4.78 is 16.5. The molecular weight excluding hydrogens is 696 g/mol. The zero-order chi connectivity index (χ0) is 39.9. The molecule has 0 aromatic heterocycles. The quantitative estimate of drug-likeness (QED) is 0.0469. The van der Waals surface area contributed by atoms with Gasteiger partial charge in [0.25, 0.3) is 0 Å². The molecule has 0 aliphatic carbocycles. The van der Waals surface area contributed by atoms with Crippen LogP contribution in [0, 0.1) is 5.92 Å². The first-order chi connectivity index (χ1) is 26.1. The van der Waals surface area contributed by atoms with Gasteiger partial charge in [-0.1, -0.05) is 89.9 Å². The number of carboxylic acids is 2. The first kappa shape index (κ1) is 51.1. The van der Waals surface area contributed by atoms with Crippen molar-refractivity contribution in [3.8, 4) is 0 Å². The fraction of sp³-hybridized carbons (Fsp3) is 0.854. The summed E-state index contributed by atoms with van der Waals surface area (Å²) in [4.78, 5) is 68.9. The Morgan fingerprint density at radius 1 is 0.463 bits per heavy atom. The number of aliphatic carboxylic acids is 2. The van der Waals surface area contributed by atoms with Crippen LogP contribution >= 0.6 is 0 Å². The second kappa shape index (κ2) is 38.4. The lowest BCUT2D eigenvalue weighted by Gasteiger charge is -2.10. The number of ether oxygens (including phenoxy) is 3. The molecule has 0 aromatic carbocycles. The normalized spacial score (nSPS) is 11.6. The van der Waals surface area contributed by atoms with E-state index in [-0.39, 0.29) is 55.5 Å². The molecule has 0 heterocycles. The number of rotatable bonds is 42. The third-order valence-corrected chi connectivity index (χ3v) is 9.16. The molecule has 0 radical (unpaired) electrons. The minimum atomic E-state index is -1.11. The van der Waals surface area contributed by atoms with Crippen LogP contribution in [-0.4, -0.2) is 98.3 Å². The number of nitrogens with one attached hydrogen (secondary N) is 2.